The molecule has 88 valence electrons. The van der Waals surface area contributed by atoms with Gasteiger partial charge in [-0.2, -0.15) is 0 Å². The SMILES string of the molecule is Cc1cncc(CSc2nc(N)cc(N)n2)c1. The minimum absolute atomic E-state index is 0.391. The van der Waals surface area contributed by atoms with E-state index in [0.717, 1.165) is 16.9 Å². The summed E-state index contributed by atoms with van der Waals surface area (Å²) in [4.78, 5) is 12.3. The first-order valence-corrected chi connectivity index (χ1v) is 6.05. The van der Waals surface area contributed by atoms with Crippen molar-refractivity contribution < 1.29 is 0 Å². The molecule has 5 nitrogen and oxygen atoms in total. The van der Waals surface area contributed by atoms with Crippen LogP contribution < -0.4 is 11.5 Å². The first kappa shape index (κ1) is 11.7. The summed E-state index contributed by atoms with van der Waals surface area (Å²) < 4.78 is 0. The van der Waals surface area contributed by atoms with Crippen molar-refractivity contribution in [3.63, 3.8) is 0 Å². The van der Waals surface area contributed by atoms with E-state index in [1.54, 1.807) is 0 Å². The molecule has 0 aliphatic carbocycles. The number of aryl methyl sites for hydroxylation is 1. The third kappa shape index (κ3) is 3.32. The number of rotatable bonds is 3. The third-order valence-corrected chi connectivity index (χ3v) is 2.96. The average molecular weight is 247 g/mol. The predicted molar refractivity (Wildman–Crippen MR) is 69.4 cm³/mol. The van der Waals surface area contributed by atoms with Gasteiger partial charge in [-0.3, -0.25) is 4.98 Å². The maximum Gasteiger partial charge on any atom is 0.191 e. The van der Waals surface area contributed by atoms with E-state index in [2.05, 4.69) is 21.0 Å². The molecule has 0 atom stereocenters. The Hall–Kier alpha value is -1.82. The number of hydrogen-bond donors (Lipinski definition) is 2. The van der Waals surface area contributed by atoms with Crippen LogP contribution in [0.5, 0.6) is 0 Å². The summed E-state index contributed by atoms with van der Waals surface area (Å²) in [5.41, 5.74) is 13.5. The minimum Gasteiger partial charge on any atom is -0.383 e. The molecule has 0 saturated heterocycles. The summed E-state index contributed by atoms with van der Waals surface area (Å²) in [5, 5.41) is 0.587. The fraction of sp³-hybridized carbons (Fsp3) is 0.182. The predicted octanol–water partition coefficient (Wildman–Crippen LogP) is 1.64. The van der Waals surface area contributed by atoms with Crippen molar-refractivity contribution in [2.24, 2.45) is 0 Å². The molecule has 0 radical (unpaired) electrons. The summed E-state index contributed by atoms with van der Waals surface area (Å²) in [7, 11) is 0. The summed E-state index contributed by atoms with van der Waals surface area (Å²) in [6, 6.07) is 3.62. The fourth-order valence-electron chi connectivity index (χ4n) is 1.37. The van der Waals surface area contributed by atoms with Crippen LogP contribution in [0.4, 0.5) is 11.6 Å². The molecule has 2 heterocycles. The number of pyridine rings is 1. The van der Waals surface area contributed by atoms with Crippen LogP contribution in [-0.4, -0.2) is 15.0 Å². The highest BCUT2D eigenvalue weighted by atomic mass is 32.2. The van der Waals surface area contributed by atoms with Crippen LogP contribution in [0, 0.1) is 6.92 Å². The van der Waals surface area contributed by atoms with Gasteiger partial charge in [0.05, 0.1) is 0 Å². The minimum atomic E-state index is 0.391. The zero-order valence-electron chi connectivity index (χ0n) is 9.42. The molecule has 0 saturated carbocycles. The van der Waals surface area contributed by atoms with Crippen molar-refractivity contribution in [1.82, 2.24) is 15.0 Å². The van der Waals surface area contributed by atoms with Gasteiger partial charge in [0.1, 0.15) is 11.6 Å². The second kappa shape index (κ2) is 5.01. The van der Waals surface area contributed by atoms with Crippen molar-refractivity contribution in [3.8, 4) is 0 Å². The maximum atomic E-state index is 5.60. The van der Waals surface area contributed by atoms with Gasteiger partial charge < -0.3 is 11.5 Å². The zero-order valence-corrected chi connectivity index (χ0v) is 10.2. The Morgan fingerprint density at radius 2 is 1.82 bits per heavy atom. The Labute approximate surface area is 104 Å². The molecule has 4 N–H and O–H groups in total. The topological polar surface area (TPSA) is 90.7 Å². The van der Waals surface area contributed by atoms with Gasteiger partial charge >= 0.3 is 0 Å². The lowest BCUT2D eigenvalue weighted by molar-refractivity contribution is 0.983. The normalized spacial score (nSPS) is 10.4. The van der Waals surface area contributed by atoms with Gasteiger partial charge in [-0.15, -0.1) is 0 Å². The van der Waals surface area contributed by atoms with Gasteiger partial charge in [-0.1, -0.05) is 17.8 Å². The lowest BCUT2D eigenvalue weighted by atomic mass is 10.2. The third-order valence-electron chi connectivity index (χ3n) is 2.04. The number of anilines is 2. The van der Waals surface area contributed by atoms with Crippen LogP contribution in [0.3, 0.4) is 0 Å². The summed E-state index contributed by atoms with van der Waals surface area (Å²) in [5.74, 6) is 1.53. The molecule has 0 bridgehead atoms. The number of nitrogen functional groups attached to an aromatic ring is 2. The van der Waals surface area contributed by atoms with Crippen LogP contribution >= 0.6 is 11.8 Å². The maximum absolute atomic E-state index is 5.60. The first-order chi connectivity index (χ1) is 8.13. The van der Waals surface area contributed by atoms with E-state index in [0.29, 0.717) is 16.8 Å². The van der Waals surface area contributed by atoms with Crippen molar-refractivity contribution >= 4 is 23.4 Å². The van der Waals surface area contributed by atoms with Crippen LogP contribution in [0.15, 0.2) is 29.7 Å². The molecular formula is C11H13N5S. The fourth-order valence-corrected chi connectivity index (χ4v) is 2.16. The Kier molecular flexibility index (Phi) is 3.43. The number of thioether (sulfide) groups is 1. The van der Waals surface area contributed by atoms with Gasteiger partial charge in [0.25, 0.3) is 0 Å². The molecule has 2 aromatic rings. The van der Waals surface area contributed by atoms with Gasteiger partial charge in [0.2, 0.25) is 0 Å². The van der Waals surface area contributed by atoms with E-state index in [1.807, 2.05) is 19.3 Å². The van der Waals surface area contributed by atoms with Gasteiger partial charge in [-0.05, 0) is 18.1 Å². The van der Waals surface area contributed by atoms with Crippen molar-refractivity contribution in [2.45, 2.75) is 17.8 Å². The van der Waals surface area contributed by atoms with E-state index in [1.165, 1.54) is 17.8 Å². The second-order valence-corrected chi connectivity index (χ2v) is 4.60. The van der Waals surface area contributed by atoms with Gasteiger partial charge in [0, 0.05) is 24.2 Å². The zero-order chi connectivity index (χ0) is 12.3. The highest BCUT2D eigenvalue weighted by Gasteiger charge is 2.02. The Balaban J connectivity index is 2.07. The number of nitrogens with two attached hydrogens (primary N) is 2. The highest BCUT2D eigenvalue weighted by Crippen LogP contribution is 2.21. The van der Waals surface area contributed by atoms with E-state index in [9.17, 15) is 0 Å². The molecular weight excluding hydrogens is 234 g/mol. The monoisotopic (exact) mass is 247 g/mol. The highest BCUT2D eigenvalue weighted by molar-refractivity contribution is 7.98. The van der Waals surface area contributed by atoms with E-state index in [-0.39, 0.29) is 0 Å². The number of hydrogen-bond acceptors (Lipinski definition) is 6. The first-order valence-electron chi connectivity index (χ1n) is 5.07. The van der Waals surface area contributed by atoms with Crippen LogP contribution in [-0.2, 0) is 5.75 Å². The standard InChI is InChI=1S/C11H13N5S/c1-7-2-8(5-14-4-7)6-17-11-15-9(12)3-10(13)16-11/h2-5H,6H2,1H3,(H4,12,13,15,16). The van der Waals surface area contributed by atoms with Crippen molar-refractivity contribution in [1.29, 1.82) is 0 Å². The number of aromatic nitrogens is 3. The van der Waals surface area contributed by atoms with Crippen molar-refractivity contribution in [3.05, 3.63) is 35.7 Å². The van der Waals surface area contributed by atoms with Crippen LogP contribution in [0.25, 0.3) is 0 Å². The molecule has 0 fully saturated rings. The van der Waals surface area contributed by atoms with Gasteiger partial charge in [-0.25, -0.2) is 9.97 Å². The molecule has 0 aromatic carbocycles. The summed E-state index contributed by atoms with van der Waals surface area (Å²) >= 11 is 1.49. The largest absolute Gasteiger partial charge is 0.383 e. The number of nitrogens with zero attached hydrogens (tertiary/aromatic N) is 3. The summed E-state index contributed by atoms with van der Waals surface area (Å²) in [6.45, 7) is 2.01. The van der Waals surface area contributed by atoms with Crippen LogP contribution in [0.1, 0.15) is 11.1 Å². The molecule has 2 rings (SSSR count). The quantitative estimate of drug-likeness (QED) is 0.633. The van der Waals surface area contributed by atoms with E-state index < -0.39 is 0 Å². The molecule has 0 amide bonds. The molecule has 2 aromatic heterocycles. The van der Waals surface area contributed by atoms with E-state index in [4.69, 9.17) is 11.5 Å². The van der Waals surface area contributed by atoms with Crippen LogP contribution in [0.2, 0.25) is 0 Å². The Morgan fingerprint density at radius 3 is 2.47 bits per heavy atom. The second-order valence-electron chi connectivity index (χ2n) is 3.66. The van der Waals surface area contributed by atoms with Crippen molar-refractivity contribution in [2.75, 3.05) is 11.5 Å². The smallest absolute Gasteiger partial charge is 0.191 e. The lowest BCUT2D eigenvalue weighted by Gasteiger charge is -2.03. The van der Waals surface area contributed by atoms with Gasteiger partial charge in [0.15, 0.2) is 5.16 Å². The Bertz CT molecular complexity index is 509. The average Bonchev–Trinajstić information content (AvgIpc) is 2.25. The molecule has 0 spiro atoms. The summed E-state index contributed by atoms with van der Waals surface area (Å²) in [6.07, 6.45) is 3.65. The molecule has 6 heteroatoms. The van der Waals surface area contributed by atoms with E-state index >= 15 is 0 Å². The lowest BCUT2D eigenvalue weighted by Crippen LogP contribution is -1.99. The Morgan fingerprint density at radius 1 is 1.12 bits per heavy atom. The molecule has 0 unspecified atom stereocenters. The molecule has 0 aliphatic heterocycles. The molecule has 0 aliphatic rings. The molecule has 17 heavy (non-hydrogen) atoms.